The van der Waals surface area contributed by atoms with E-state index < -0.39 is 0 Å². The van der Waals surface area contributed by atoms with Crippen LogP contribution in [0.3, 0.4) is 0 Å². The van der Waals surface area contributed by atoms with Gasteiger partial charge in [-0.15, -0.1) is 11.8 Å². The summed E-state index contributed by atoms with van der Waals surface area (Å²) >= 11 is 1.61. The van der Waals surface area contributed by atoms with E-state index in [-0.39, 0.29) is 11.9 Å². The third-order valence-electron chi connectivity index (χ3n) is 1.51. The number of hydrogen-bond donors (Lipinski definition) is 1. The monoisotopic (exact) mass is 198 g/mol. The fourth-order valence-corrected chi connectivity index (χ4v) is 1.52. The Morgan fingerprint density at radius 1 is 1.38 bits per heavy atom. The molecular weight excluding hydrogens is 184 g/mol. The van der Waals surface area contributed by atoms with Crippen LogP contribution in [0.25, 0.3) is 0 Å². The molecule has 0 aliphatic rings. The summed E-state index contributed by atoms with van der Waals surface area (Å²) in [7, 11) is 0. The van der Waals surface area contributed by atoms with Gasteiger partial charge >= 0.3 is 0 Å². The molecule has 0 unspecified atom stereocenters. The molecule has 0 aromatic heterocycles. The molecule has 0 aliphatic carbocycles. The van der Waals surface area contributed by atoms with E-state index in [1.807, 2.05) is 26.2 Å². The minimum absolute atomic E-state index is 0.132. The van der Waals surface area contributed by atoms with Crippen molar-refractivity contribution < 1.29 is 9.84 Å². The van der Waals surface area contributed by atoms with E-state index in [4.69, 9.17) is 4.74 Å². The zero-order valence-electron chi connectivity index (χ0n) is 8.07. The summed E-state index contributed by atoms with van der Waals surface area (Å²) in [5.41, 5.74) is 0. The molecule has 3 heteroatoms. The molecule has 0 radical (unpaired) electrons. The molecule has 0 spiro atoms. The Labute approximate surface area is 82.9 Å². The second-order valence-corrected chi connectivity index (χ2v) is 3.85. The molecule has 1 N–H and O–H groups in total. The van der Waals surface area contributed by atoms with Gasteiger partial charge in [-0.1, -0.05) is 0 Å². The van der Waals surface area contributed by atoms with Crippen molar-refractivity contribution in [3.05, 3.63) is 18.2 Å². The number of phenols is 1. The predicted molar refractivity (Wildman–Crippen MR) is 55.7 cm³/mol. The molecule has 1 aromatic carbocycles. The minimum Gasteiger partial charge on any atom is -0.508 e. The van der Waals surface area contributed by atoms with Crippen LogP contribution in [0, 0.1) is 0 Å². The summed E-state index contributed by atoms with van der Waals surface area (Å²) in [6, 6.07) is 5.17. The van der Waals surface area contributed by atoms with Crippen molar-refractivity contribution in [2.45, 2.75) is 24.8 Å². The van der Waals surface area contributed by atoms with Gasteiger partial charge in [-0.3, -0.25) is 0 Å². The summed E-state index contributed by atoms with van der Waals surface area (Å²) in [5, 5.41) is 9.26. The molecule has 2 nitrogen and oxygen atoms in total. The largest absolute Gasteiger partial charge is 0.508 e. The highest BCUT2D eigenvalue weighted by Gasteiger charge is 2.05. The molecule has 0 saturated heterocycles. The Morgan fingerprint density at radius 3 is 2.62 bits per heavy atom. The van der Waals surface area contributed by atoms with E-state index >= 15 is 0 Å². The van der Waals surface area contributed by atoms with Crippen LogP contribution in [0.2, 0.25) is 0 Å². The summed E-state index contributed by atoms with van der Waals surface area (Å²) in [6.07, 6.45) is 2.12. The standard InChI is InChI=1S/C10H14O2S/c1-7(2)12-9-6-8(11)4-5-10(9)13-3/h4-7,11H,1-3H3. The maximum absolute atomic E-state index is 9.26. The molecule has 0 atom stereocenters. The number of rotatable bonds is 3. The molecule has 1 rings (SSSR count). The van der Waals surface area contributed by atoms with E-state index in [0.29, 0.717) is 0 Å². The summed E-state index contributed by atoms with van der Waals surface area (Å²) in [5.74, 6) is 0.996. The van der Waals surface area contributed by atoms with E-state index in [1.54, 1.807) is 23.9 Å². The third kappa shape index (κ3) is 2.84. The van der Waals surface area contributed by atoms with E-state index in [0.717, 1.165) is 10.6 Å². The fraction of sp³-hybridized carbons (Fsp3) is 0.400. The van der Waals surface area contributed by atoms with Crippen LogP contribution in [-0.2, 0) is 0 Å². The molecule has 1 aromatic rings. The lowest BCUT2D eigenvalue weighted by Gasteiger charge is -2.12. The first-order chi connectivity index (χ1) is 6.13. The molecule has 72 valence electrons. The first-order valence-corrected chi connectivity index (χ1v) is 5.39. The second-order valence-electron chi connectivity index (χ2n) is 3.00. The third-order valence-corrected chi connectivity index (χ3v) is 2.29. The smallest absolute Gasteiger partial charge is 0.136 e. The van der Waals surface area contributed by atoms with Crippen LogP contribution in [0.4, 0.5) is 0 Å². The van der Waals surface area contributed by atoms with Gasteiger partial charge in [0.2, 0.25) is 0 Å². The Hall–Kier alpha value is -0.830. The van der Waals surface area contributed by atoms with Gasteiger partial charge in [0.05, 0.1) is 6.10 Å². The lowest BCUT2D eigenvalue weighted by atomic mass is 10.3. The lowest BCUT2D eigenvalue weighted by Crippen LogP contribution is -2.06. The van der Waals surface area contributed by atoms with Gasteiger partial charge in [-0.25, -0.2) is 0 Å². The number of phenolic OH excluding ortho intramolecular Hbond substituents is 1. The highest BCUT2D eigenvalue weighted by molar-refractivity contribution is 7.98. The molecule has 0 heterocycles. The fourth-order valence-electron chi connectivity index (χ4n) is 1.01. The zero-order valence-corrected chi connectivity index (χ0v) is 8.89. The van der Waals surface area contributed by atoms with E-state index in [1.165, 1.54) is 0 Å². The van der Waals surface area contributed by atoms with E-state index in [9.17, 15) is 5.11 Å². The van der Waals surface area contributed by atoms with Crippen LogP contribution in [-0.4, -0.2) is 17.5 Å². The molecular formula is C10H14O2S. The molecule has 0 saturated carbocycles. The summed E-state index contributed by atoms with van der Waals surface area (Å²) in [6.45, 7) is 3.93. The second kappa shape index (κ2) is 4.42. The molecule has 0 aliphatic heterocycles. The van der Waals surface area contributed by atoms with Crippen LogP contribution < -0.4 is 4.74 Å². The lowest BCUT2D eigenvalue weighted by molar-refractivity contribution is 0.235. The van der Waals surface area contributed by atoms with Gasteiger partial charge < -0.3 is 9.84 Å². The van der Waals surface area contributed by atoms with Gasteiger partial charge in [0.1, 0.15) is 11.5 Å². The Morgan fingerprint density at radius 2 is 2.08 bits per heavy atom. The zero-order chi connectivity index (χ0) is 9.84. The van der Waals surface area contributed by atoms with Crippen molar-refractivity contribution in [3.8, 4) is 11.5 Å². The highest BCUT2D eigenvalue weighted by Crippen LogP contribution is 2.31. The number of hydrogen-bond acceptors (Lipinski definition) is 3. The number of aromatic hydroxyl groups is 1. The molecule has 0 bridgehead atoms. The average Bonchev–Trinajstić information content (AvgIpc) is 2.03. The van der Waals surface area contributed by atoms with Gasteiger partial charge in [0, 0.05) is 11.0 Å². The SMILES string of the molecule is CSc1ccc(O)cc1OC(C)C. The number of ether oxygens (including phenoxy) is 1. The van der Waals surface area contributed by atoms with Gasteiger partial charge in [-0.2, -0.15) is 0 Å². The minimum atomic E-state index is 0.132. The van der Waals surface area contributed by atoms with Crippen LogP contribution in [0.15, 0.2) is 23.1 Å². The molecule has 0 amide bonds. The summed E-state index contributed by atoms with van der Waals surface area (Å²) in [4.78, 5) is 1.05. The van der Waals surface area contributed by atoms with Gasteiger partial charge in [-0.05, 0) is 32.2 Å². The average molecular weight is 198 g/mol. The van der Waals surface area contributed by atoms with Crippen molar-refractivity contribution >= 4 is 11.8 Å². The van der Waals surface area contributed by atoms with Crippen molar-refractivity contribution in [1.82, 2.24) is 0 Å². The van der Waals surface area contributed by atoms with Crippen molar-refractivity contribution in [2.24, 2.45) is 0 Å². The Kier molecular flexibility index (Phi) is 3.48. The Bertz CT molecular complexity index is 284. The van der Waals surface area contributed by atoms with Gasteiger partial charge in [0.25, 0.3) is 0 Å². The summed E-state index contributed by atoms with van der Waals surface area (Å²) < 4.78 is 5.54. The van der Waals surface area contributed by atoms with E-state index in [2.05, 4.69) is 0 Å². The first-order valence-electron chi connectivity index (χ1n) is 4.17. The Balaban J connectivity index is 2.94. The maximum Gasteiger partial charge on any atom is 0.136 e. The quantitative estimate of drug-likeness (QED) is 0.757. The topological polar surface area (TPSA) is 29.5 Å². The van der Waals surface area contributed by atoms with Crippen LogP contribution >= 0.6 is 11.8 Å². The first kappa shape index (κ1) is 10.3. The number of thioether (sulfide) groups is 1. The molecule has 0 fully saturated rings. The number of benzene rings is 1. The normalized spacial score (nSPS) is 10.5. The van der Waals surface area contributed by atoms with Crippen LogP contribution in [0.5, 0.6) is 11.5 Å². The maximum atomic E-state index is 9.26. The van der Waals surface area contributed by atoms with Gasteiger partial charge in [0.15, 0.2) is 0 Å². The predicted octanol–water partition coefficient (Wildman–Crippen LogP) is 2.90. The van der Waals surface area contributed by atoms with Crippen molar-refractivity contribution in [2.75, 3.05) is 6.26 Å². The highest BCUT2D eigenvalue weighted by atomic mass is 32.2. The van der Waals surface area contributed by atoms with Crippen molar-refractivity contribution in [3.63, 3.8) is 0 Å². The molecule has 13 heavy (non-hydrogen) atoms. The van der Waals surface area contributed by atoms with Crippen LogP contribution in [0.1, 0.15) is 13.8 Å². The van der Waals surface area contributed by atoms with Crippen molar-refractivity contribution in [1.29, 1.82) is 0 Å².